The molecule has 0 saturated heterocycles. The van der Waals surface area contributed by atoms with Gasteiger partial charge in [-0.2, -0.15) is 0 Å². The average molecular weight is 329 g/mol. The van der Waals surface area contributed by atoms with Crippen molar-refractivity contribution in [3.8, 4) is 0 Å². The Bertz CT molecular complexity index is 876. The van der Waals surface area contributed by atoms with Crippen LogP contribution in [-0.4, -0.2) is 20.9 Å². The minimum absolute atomic E-state index is 0.0632. The van der Waals surface area contributed by atoms with Gasteiger partial charge in [-0.1, -0.05) is 23.4 Å². The van der Waals surface area contributed by atoms with E-state index >= 15 is 0 Å². The molecular weight excluding hydrogens is 316 g/mol. The van der Waals surface area contributed by atoms with Gasteiger partial charge in [-0.05, 0) is 35.9 Å². The Morgan fingerprint density at radius 2 is 1.88 bits per heavy atom. The Labute approximate surface area is 135 Å². The summed E-state index contributed by atoms with van der Waals surface area (Å²) in [5.41, 5.74) is 6.87. The van der Waals surface area contributed by atoms with Crippen LogP contribution in [0.1, 0.15) is 16.1 Å². The third-order valence-electron chi connectivity index (χ3n) is 3.32. The summed E-state index contributed by atoms with van der Waals surface area (Å²) in [7, 11) is 0. The molecule has 0 aliphatic heterocycles. The quantitative estimate of drug-likeness (QED) is 0.770. The number of hydrogen-bond acceptors (Lipinski definition) is 4. The van der Waals surface area contributed by atoms with E-state index in [0.29, 0.717) is 0 Å². The first-order valence-electron chi connectivity index (χ1n) is 7.03. The van der Waals surface area contributed by atoms with Crippen molar-refractivity contribution in [3.05, 3.63) is 71.4 Å². The second-order valence-electron chi connectivity index (χ2n) is 5.07. The molecular formula is C16H13F2N5O. The Morgan fingerprint density at radius 1 is 1.12 bits per heavy atom. The van der Waals surface area contributed by atoms with Gasteiger partial charge < -0.3 is 11.1 Å². The lowest BCUT2D eigenvalue weighted by atomic mass is 10.2. The van der Waals surface area contributed by atoms with Crippen molar-refractivity contribution in [2.45, 2.75) is 6.54 Å². The molecule has 0 atom stereocenters. The molecule has 2 aromatic carbocycles. The van der Waals surface area contributed by atoms with Gasteiger partial charge >= 0.3 is 0 Å². The van der Waals surface area contributed by atoms with E-state index in [-0.39, 0.29) is 29.6 Å². The SMILES string of the molecule is Nc1c(C(=O)Nc2cccc(F)c2)nnn1Cc1ccc(F)cc1. The molecule has 1 heterocycles. The zero-order valence-electron chi connectivity index (χ0n) is 12.4. The van der Waals surface area contributed by atoms with Crippen LogP contribution in [0.2, 0.25) is 0 Å². The molecule has 24 heavy (non-hydrogen) atoms. The molecule has 6 nitrogen and oxygen atoms in total. The maximum absolute atomic E-state index is 13.1. The highest BCUT2D eigenvalue weighted by atomic mass is 19.1. The number of carbonyl (C=O) groups excluding carboxylic acids is 1. The predicted octanol–water partition coefficient (Wildman–Crippen LogP) is 2.44. The number of nitrogens with zero attached hydrogens (tertiary/aromatic N) is 3. The molecule has 3 aromatic rings. The molecule has 8 heteroatoms. The Hall–Kier alpha value is -3.29. The number of anilines is 2. The fourth-order valence-corrected chi connectivity index (χ4v) is 2.12. The summed E-state index contributed by atoms with van der Waals surface area (Å²) >= 11 is 0. The Morgan fingerprint density at radius 3 is 2.58 bits per heavy atom. The van der Waals surface area contributed by atoms with Gasteiger partial charge in [-0.3, -0.25) is 4.79 Å². The summed E-state index contributed by atoms with van der Waals surface area (Å²) in [5.74, 6) is -1.35. The number of halogens is 2. The first kappa shape index (κ1) is 15.6. The fourth-order valence-electron chi connectivity index (χ4n) is 2.12. The zero-order chi connectivity index (χ0) is 17.1. The van der Waals surface area contributed by atoms with Crippen LogP contribution in [-0.2, 0) is 6.54 Å². The van der Waals surface area contributed by atoms with Crippen LogP contribution < -0.4 is 11.1 Å². The van der Waals surface area contributed by atoms with Crippen LogP contribution in [0.25, 0.3) is 0 Å². The number of hydrogen-bond donors (Lipinski definition) is 2. The van der Waals surface area contributed by atoms with Crippen molar-refractivity contribution in [2.75, 3.05) is 11.1 Å². The van der Waals surface area contributed by atoms with Crippen LogP contribution in [0.4, 0.5) is 20.3 Å². The molecule has 0 aliphatic carbocycles. The highest BCUT2D eigenvalue weighted by Gasteiger charge is 2.18. The maximum atomic E-state index is 13.1. The first-order chi connectivity index (χ1) is 11.5. The first-order valence-corrected chi connectivity index (χ1v) is 7.03. The molecule has 0 saturated carbocycles. The molecule has 122 valence electrons. The summed E-state index contributed by atoms with van der Waals surface area (Å²) in [6.07, 6.45) is 0. The van der Waals surface area contributed by atoms with Crippen molar-refractivity contribution < 1.29 is 13.6 Å². The van der Waals surface area contributed by atoms with Gasteiger partial charge in [0, 0.05) is 5.69 Å². The maximum Gasteiger partial charge on any atom is 0.280 e. The number of nitrogens with two attached hydrogens (primary N) is 1. The number of carbonyl (C=O) groups is 1. The Kier molecular flexibility index (Phi) is 4.19. The number of rotatable bonds is 4. The van der Waals surface area contributed by atoms with Gasteiger partial charge in [0.2, 0.25) is 0 Å². The second kappa shape index (κ2) is 6.45. The van der Waals surface area contributed by atoms with Gasteiger partial charge in [0.25, 0.3) is 5.91 Å². The van der Waals surface area contributed by atoms with Gasteiger partial charge in [-0.25, -0.2) is 13.5 Å². The summed E-state index contributed by atoms with van der Waals surface area (Å²) in [6, 6.07) is 11.3. The molecule has 1 amide bonds. The third-order valence-corrected chi connectivity index (χ3v) is 3.32. The number of amides is 1. The van der Waals surface area contributed by atoms with Crippen molar-refractivity contribution in [3.63, 3.8) is 0 Å². The van der Waals surface area contributed by atoms with E-state index in [1.54, 1.807) is 18.2 Å². The molecule has 0 bridgehead atoms. The molecule has 0 unspecified atom stereocenters. The van der Waals surface area contributed by atoms with Crippen LogP contribution >= 0.6 is 0 Å². The number of nitrogens with one attached hydrogen (secondary N) is 1. The topological polar surface area (TPSA) is 85.8 Å². The van der Waals surface area contributed by atoms with Gasteiger partial charge in [0.05, 0.1) is 6.54 Å². The van der Waals surface area contributed by atoms with E-state index in [0.717, 1.165) is 5.56 Å². The molecule has 3 rings (SSSR count). The standard InChI is InChI=1S/C16H13F2N5O/c17-11-6-4-10(5-7-11)9-23-15(19)14(21-22-23)16(24)20-13-3-1-2-12(18)8-13/h1-8H,9,19H2,(H,20,24). The Balaban J connectivity index is 1.76. The highest BCUT2D eigenvalue weighted by molar-refractivity contribution is 6.05. The van der Waals surface area contributed by atoms with Crippen LogP contribution in [0.5, 0.6) is 0 Å². The van der Waals surface area contributed by atoms with E-state index in [9.17, 15) is 13.6 Å². The van der Waals surface area contributed by atoms with E-state index < -0.39 is 11.7 Å². The molecule has 0 spiro atoms. The molecule has 0 aliphatic rings. The highest BCUT2D eigenvalue weighted by Crippen LogP contribution is 2.15. The van der Waals surface area contributed by atoms with E-state index in [2.05, 4.69) is 15.6 Å². The molecule has 0 radical (unpaired) electrons. The second-order valence-corrected chi connectivity index (χ2v) is 5.07. The number of nitrogen functional groups attached to an aromatic ring is 1. The summed E-state index contributed by atoms with van der Waals surface area (Å²) in [6.45, 7) is 0.242. The average Bonchev–Trinajstić information content (AvgIpc) is 2.91. The van der Waals surface area contributed by atoms with Crippen LogP contribution in [0, 0.1) is 11.6 Å². The molecule has 0 fully saturated rings. The summed E-state index contributed by atoms with van der Waals surface area (Å²) < 4.78 is 27.4. The van der Waals surface area contributed by atoms with E-state index in [1.807, 2.05) is 0 Å². The predicted molar refractivity (Wildman–Crippen MR) is 84.3 cm³/mol. The number of aromatic nitrogens is 3. The largest absolute Gasteiger partial charge is 0.382 e. The normalized spacial score (nSPS) is 10.6. The van der Waals surface area contributed by atoms with Crippen LogP contribution in [0.15, 0.2) is 48.5 Å². The van der Waals surface area contributed by atoms with Crippen molar-refractivity contribution >= 4 is 17.4 Å². The number of benzene rings is 2. The lowest BCUT2D eigenvalue weighted by Crippen LogP contribution is -2.15. The minimum atomic E-state index is -0.594. The van der Waals surface area contributed by atoms with Crippen molar-refractivity contribution in [1.29, 1.82) is 0 Å². The lowest BCUT2D eigenvalue weighted by Gasteiger charge is -2.05. The third kappa shape index (κ3) is 3.37. The van der Waals surface area contributed by atoms with Gasteiger partial charge in [0.15, 0.2) is 11.5 Å². The van der Waals surface area contributed by atoms with Crippen molar-refractivity contribution in [2.24, 2.45) is 0 Å². The molecule has 1 aromatic heterocycles. The zero-order valence-corrected chi connectivity index (χ0v) is 12.4. The lowest BCUT2D eigenvalue weighted by molar-refractivity contribution is 0.102. The van der Waals surface area contributed by atoms with Gasteiger partial charge in [0.1, 0.15) is 11.6 Å². The monoisotopic (exact) mass is 329 g/mol. The minimum Gasteiger partial charge on any atom is -0.382 e. The van der Waals surface area contributed by atoms with Crippen molar-refractivity contribution in [1.82, 2.24) is 15.0 Å². The van der Waals surface area contributed by atoms with E-state index in [4.69, 9.17) is 5.73 Å². The van der Waals surface area contributed by atoms with Gasteiger partial charge in [-0.15, -0.1) is 5.10 Å². The summed E-state index contributed by atoms with van der Waals surface area (Å²) in [5, 5.41) is 10.1. The van der Waals surface area contributed by atoms with Crippen LogP contribution in [0.3, 0.4) is 0 Å². The summed E-state index contributed by atoms with van der Waals surface area (Å²) in [4.78, 5) is 12.2. The van der Waals surface area contributed by atoms with E-state index in [1.165, 1.54) is 35.0 Å². The fraction of sp³-hybridized carbons (Fsp3) is 0.0625. The smallest absolute Gasteiger partial charge is 0.280 e. The molecule has 3 N–H and O–H groups in total.